The van der Waals surface area contributed by atoms with E-state index in [2.05, 4.69) is 20.5 Å². The van der Waals surface area contributed by atoms with Gasteiger partial charge in [0.1, 0.15) is 5.10 Å². The summed E-state index contributed by atoms with van der Waals surface area (Å²) in [4.78, 5) is 20.5. The maximum absolute atomic E-state index is 10.6. The summed E-state index contributed by atoms with van der Waals surface area (Å²) in [6, 6.07) is 0. The van der Waals surface area contributed by atoms with Gasteiger partial charge >= 0.3 is 6.09 Å². The molecule has 0 aliphatic heterocycles. The largest absolute Gasteiger partial charge is 0.453 e. The Morgan fingerprint density at radius 3 is 2.50 bits per heavy atom. The van der Waals surface area contributed by atoms with Gasteiger partial charge in [-0.2, -0.15) is 0 Å². The Kier molecular flexibility index (Phi) is 7.20. The lowest BCUT2D eigenvalue weighted by Gasteiger charge is -2.04. The molecule has 0 unspecified atom stereocenters. The first kappa shape index (κ1) is 13.9. The van der Waals surface area contributed by atoms with Gasteiger partial charge in [-0.05, 0) is 12.8 Å². The van der Waals surface area contributed by atoms with Gasteiger partial charge in [0, 0.05) is 13.1 Å². The number of carbonyl (C=O) groups is 1. The maximum atomic E-state index is 10.6. The predicted octanol–water partition coefficient (Wildman–Crippen LogP) is -0.781. The van der Waals surface area contributed by atoms with Gasteiger partial charge in [0.15, 0.2) is 5.03 Å². The monoisotopic (exact) mass is 233 g/mol. The van der Waals surface area contributed by atoms with Crippen molar-refractivity contribution in [2.24, 2.45) is 10.8 Å². The number of hydrogen-bond acceptors (Lipinski definition) is 4. The number of nitrogens with one attached hydrogen (secondary N) is 2. The lowest BCUT2D eigenvalue weighted by Crippen LogP contribution is -2.33. The second kappa shape index (κ2) is 8.26. The standard InChI is InChI=1S/C7H15N5O4/c1-16-7(13)10-5-3-2-4-9-6(8)11-12(14)15/h2-5H2,1H3,(H,10,13)(H3,8,9,11). The van der Waals surface area contributed by atoms with Gasteiger partial charge in [0.05, 0.1) is 7.11 Å². The SMILES string of the molecule is COC(=O)NCCCCNC(N)=N[N+](=O)[O-]. The molecule has 0 fully saturated rings. The van der Waals surface area contributed by atoms with Crippen molar-refractivity contribution in [2.75, 3.05) is 20.2 Å². The van der Waals surface area contributed by atoms with E-state index in [1.165, 1.54) is 7.11 Å². The van der Waals surface area contributed by atoms with Gasteiger partial charge in [0.25, 0.3) is 5.96 Å². The number of carbonyl (C=O) groups excluding carboxylic acids is 1. The Morgan fingerprint density at radius 1 is 1.44 bits per heavy atom. The van der Waals surface area contributed by atoms with E-state index in [0.29, 0.717) is 25.9 Å². The molecule has 92 valence electrons. The molecule has 0 saturated carbocycles. The van der Waals surface area contributed by atoms with Crippen molar-refractivity contribution >= 4 is 12.1 Å². The van der Waals surface area contributed by atoms with Gasteiger partial charge in [-0.1, -0.05) is 0 Å². The van der Waals surface area contributed by atoms with Crippen LogP contribution in [-0.4, -0.2) is 37.3 Å². The normalized spacial score (nSPS) is 10.7. The van der Waals surface area contributed by atoms with Crippen molar-refractivity contribution in [1.29, 1.82) is 0 Å². The Bertz CT molecular complexity index is 268. The molecule has 0 aromatic rings. The number of nitrogens with zero attached hydrogens (tertiary/aromatic N) is 2. The van der Waals surface area contributed by atoms with Crippen molar-refractivity contribution in [2.45, 2.75) is 12.8 Å². The highest BCUT2D eigenvalue weighted by atomic mass is 16.7. The number of alkyl carbamates (subject to hydrolysis) is 1. The number of hydrogen-bond donors (Lipinski definition) is 3. The van der Waals surface area contributed by atoms with Crippen molar-refractivity contribution < 1.29 is 14.6 Å². The molecule has 0 aliphatic carbocycles. The number of nitro groups is 1. The summed E-state index contributed by atoms with van der Waals surface area (Å²) in [6.07, 6.45) is 0.911. The number of unbranched alkanes of at least 4 members (excludes halogenated alkanes) is 1. The van der Waals surface area contributed by atoms with Gasteiger partial charge in [-0.15, -0.1) is 0 Å². The fraction of sp³-hybridized carbons (Fsp3) is 0.714. The molecule has 0 spiro atoms. The van der Waals surface area contributed by atoms with Crippen molar-refractivity contribution in [3.8, 4) is 0 Å². The number of hydrazone groups is 1. The summed E-state index contributed by atoms with van der Waals surface area (Å²) >= 11 is 0. The smallest absolute Gasteiger partial charge is 0.406 e. The van der Waals surface area contributed by atoms with Crippen LogP contribution in [0.3, 0.4) is 0 Å². The van der Waals surface area contributed by atoms with Crippen LogP contribution in [0.15, 0.2) is 5.10 Å². The van der Waals surface area contributed by atoms with Gasteiger partial charge in [0.2, 0.25) is 0 Å². The first-order valence-corrected chi connectivity index (χ1v) is 4.60. The Morgan fingerprint density at radius 2 is 2.00 bits per heavy atom. The number of rotatable bonds is 6. The Balaban J connectivity index is 3.40. The van der Waals surface area contributed by atoms with E-state index in [-0.39, 0.29) is 5.96 Å². The molecule has 1 amide bonds. The summed E-state index contributed by atoms with van der Waals surface area (Å²) in [6.45, 7) is 0.923. The van der Waals surface area contributed by atoms with Crippen LogP contribution in [0.4, 0.5) is 4.79 Å². The zero-order chi connectivity index (χ0) is 12.4. The average molecular weight is 233 g/mol. The van der Waals surface area contributed by atoms with Crippen LogP contribution >= 0.6 is 0 Å². The highest BCUT2D eigenvalue weighted by Gasteiger charge is 1.98. The molecule has 0 atom stereocenters. The fourth-order valence-electron chi connectivity index (χ4n) is 0.852. The molecule has 0 aromatic heterocycles. The lowest BCUT2D eigenvalue weighted by molar-refractivity contribution is -0.485. The van der Waals surface area contributed by atoms with Crippen LogP contribution in [0.2, 0.25) is 0 Å². The zero-order valence-corrected chi connectivity index (χ0v) is 8.93. The summed E-state index contributed by atoms with van der Waals surface area (Å²) in [5.74, 6) is -0.231. The third-order valence-electron chi connectivity index (χ3n) is 1.55. The topological polar surface area (TPSA) is 132 Å². The van der Waals surface area contributed by atoms with Crippen LogP contribution in [0.1, 0.15) is 12.8 Å². The quantitative estimate of drug-likeness (QED) is 0.181. The summed E-state index contributed by atoms with van der Waals surface area (Å²) in [5.41, 5.74) is 5.17. The molecule has 0 saturated heterocycles. The van der Waals surface area contributed by atoms with E-state index < -0.39 is 11.1 Å². The number of nitrogens with two attached hydrogens (primary N) is 1. The lowest BCUT2D eigenvalue weighted by atomic mass is 10.3. The van der Waals surface area contributed by atoms with E-state index >= 15 is 0 Å². The van der Waals surface area contributed by atoms with Crippen molar-refractivity contribution in [3.63, 3.8) is 0 Å². The third-order valence-corrected chi connectivity index (χ3v) is 1.55. The van der Waals surface area contributed by atoms with Crippen LogP contribution < -0.4 is 16.4 Å². The molecular weight excluding hydrogens is 218 g/mol. The average Bonchev–Trinajstić information content (AvgIpc) is 2.21. The molecule has 0 heterocycles. The summed E-state index contributed by atoms with van der Waals surface area (Å²) < 4.78 is 4.36. The minimum absolute atomic E-state index is 0.231. The number of ether oxygens (including phenoxy) is 1. The highest BCUT2D eigenvalue weighted by molar-refractivity contribution is 5.76. The van der Waals surface area contributed by atoms with Crippen LogP contribution in [0.25, 0.3) is 0 Å². The first-order chi connectivity index (χ1) is 7.56. The van der Waals surface area contributed by atoms with E-state index in [1.807, 2.05) is 0 Å². The summed E-state index contributed by atoms with van der Waals surface area (Å²) in [5, 5.41) is 16.9. The molecular formula is C7H15N5O4. The van der Waals surface area contributed by atoms with Crippen molar-refractivity contribution in [1.82, 2.24) is 10.6 Å². The van der Waals surface area contributed by atoms with Gasteiger partial charge in [-0.25, -0.2) is 14.9 Å². The van der Waals surface area contributed by atoms with Gasteiger partial charge in [-0.3, -0.25) is 0 Å². The summed E-state index contributed by atoms with van der Waals surface area (Å²) in [7, 11) is 1.28. The molecule has 9 heteroatoms. The van der Waals surface area contributed by atoms with Crippen molar-refractivity contribution in [3.05, 3.63) is 10.1 Å². The van der Waals surface area contributed by atoms with E-state index in [0.717, 1.165) is 0 Å². The second-order valence-electron chi connectivity index (χ2n) is 2.78. The molecule has 0 aromatic carbocycles. The molecule has 0 radical (unpaired) electrons. The zero-order valence-electron chi connectivity index (χ0n) is 8.93. The molecule has 0 bridgehead atoms. The van der Waals surface area contributed by atoms with Crippen LogP contribution in [-0.2, 0) is 4.74 Å². The molecule has 0 aliphatic rings. The highest BCUT2D eigenvalue weighted by Crippen LogP contribution is 1.85. The van der Waals surface area contributed by atoms with E-state index in [1.54, 1.807) is 0 Å². The number of methoxy groups -OCH3 is 1. The molecule has 9 nitrogen and oxygen atoms in total. The number of amides is 1. The maximum Gasteiger partial charge on any atom is 0.406 e. The fourth-order valence-corrected chi connectivity index (χ4v) is 0.852. The Hall–Kier alpha value is -2.06. The molecule has 0 rings (SSSR count). The van der Waals surface area contributed by atoms with Crippen LogP contribution in [0.5, 0.6) is 0 Å². The third kappa shape index (κ3) is 8.53. The molecule has 4 N–H and O–H groups in total. The predicted molar refractivity (Wildman–Crippen MR) is 56.3 cm³/mol. The van der Waals surface area contributed by atoms with Gasteiger partial charge < -0.3 is 21.1 Å². The minimum Gasteiger partial charge on any atom is -0.453 e. The van der Waals surface area contributed by atoms with Crippen LogP contribution in [0, 0.1) is 10.1 Å². The number of guanidine groups is 1. The second-order valence-corrected chi connectivity index (χ2v) is 2.78. The molecule has 16 heavy (non-hydrogen) atoms. The Labute approximate surface area is 92.2 Å². The van der Waals surface area contributed by atoms with E-state index in [9.17, 15) is 14.9 Å². The first-order valence-electron chi connectivity index (χ1n) is 4.60. The van der Waals surface area contributed by atoms with E-state index in [4.69, 9.17) is 5.73 Å². The minimum atomic E-state index is -0.874.